The van der Waals surface area contributed by atoms with Crippen LogP contribution in [0.3, 0.4) is 0 Å². The first-order valence-electron chi connectivity index (χ1n) is 14.6. The molecule has 0 bridgehead atoms. The van der Waals surface area contributed by atoms with Gasteiger partial charge in [0.05, 0.1) is 6.61 Å². The predicted molar refractivity (Wildman–Crippen MR) is 137 cm³/mol. The Bertz CT molecular complexity index is 386. The van der Waals surface area contributed by atoms with Gasteiger partial charge in [-0.05, 0) is 25.7 Å². The lowest BCUT2D eigenvalue weighted by Gasteiger charge is -2.19. The van der Waals surface area contributed by atoms with Crippen LogP contribution in [-0.4, -0.2) is 25.3 Å². The van der Waals surface area contributed by atoms with Gasteiger partial charge in [-0.25, -0.2) is 0 Å². The normalized spacial score (nSPS) is 17.8. The lowest BCUT2D eigenvalue weighted by molar-refractivity contribution is -0.150. The fourth-order valence-corrected chi connectivity index (χ4v) is 4.75. The van der Waals surface area contributed by atoms with Crippen molar-refractivity contribution in [3.05, 3.63) is 0 Å². The molecule has 32 heavy (non-hydrogen) atoms. The van der Waals surface area contributed by atoms with Crippen molar-refractivity contribution >= 4 is 5.97 Å². The van der Waals surface area contributed by atoms with E-state index in [4.69, 9.17) is 9.47 Å². The Hall–Kier alpha value is -0.570. The lowest BCUT2D eigenvalue weighted by atomic mass is 10.0. The first-order chi connectivity index (χ1) is 15.8. The minimum atomic E-state index is 0.00742. The highest BCUT2D eigenvalue weighted by atomic mass is 16.5. The molecule has 3 nitrogen and oxygen atoms in total. The van der Waals surface area contributed by atoms with Crippen molar-refractivity contribution in [1.82, 2.24) is 0 Å². The van der Waals surface area contributed by atoms with Gasteiger partial charge in [-0.15, -0.1) is 0 Å². The summed E-state index contributed by atoms with van der Waals surface area (Å²) in [6.07, 6.45) is 30.6. The molecular formula is C29H56O3. The van der Waals surface area contributed by atoms with E-state index in [9.17, 15) is 4.79 Å². The van der Waals surface area contributed by atoms with Gasteiger partial charge >= 0.3 is 5.97 Å². The molecule has 0 aromatic carbocycles. The summed E-state index contributed by atoms with van der Waals surface area (Å²) in [5.41, 5.74) is 0. The van der Waals surface area contributed by atoms with Crippen LogP contribution in [0.4, 0.5) is 0 Å². The Morgan fingerprint density at radius 1 is 0.625 bits per heavy atom. The van der Waals surface area contributed by atoms with Crippen molar-refractivity contribution < 1.29 is 14.3 Å². The third-order valence-electron chi connectivity index (χ3n) is 6.93. The maximum atomic E-state index is 12.2. The van der Waals surface area contributed by atoms with E-state index in [0.717, 1.165) is 32.5 Å². The van der Waals surface area contributed by atoms with E-state index < -0.39 is 0 Å². The highest BCUT2D eigenvalue weighted by Crippen LogP contribution is 2.17. The second-order valence-corrected chi connectivity index (χ2v) is 10.1. The number of carbonyl (C=O) groups excluding carboxylic acids is 1. The molecule has 190 valence electrons. The van der Waals surface area contributed by atoms with Crippen molar-refractivity contribution in [1.29, 1.82) is 0 Å². The van der Waals surface area contributed by atoms with E-state index in [1.807, 2.05) is 0 Å². The fourth-order valence-electron chi connectivity index (χ4n) is 4.75. The van der Waals surface area contributed by atoms with Crippen LogP contribution in [0, 0.1) is 0 Å². The number of esters is 1. The van der Waals surface area contributed by atoms with Crippen LogP contribution in [0.1, 0.15) is 161 Å². The monoisotopic (exact) mass is 452 g/mol. The second kappa shape index (κ2) is 23.6. The van der Waals surface area contributed by atoms with E-state index in [1.165, 1.54) is 128 Å². The zero-order valence-electron chi connectivity index (χ0n) is 21.7. The average Bonchev–Trinajstić information content (AvgIpc) is 2.80. The molecule has 1 aliphatic heterocycles. The van der Waals surface area contributed by atoms with E-state index in [-0.39, 0.29) is 12.1 Å². The SMILES string of the molecule is CCCCCCCCCCCCCCCCCCCC(=O)OC1CCCCCCOCC1. The Morgan fingerprint density at radius 3 is 1.69 bits per heavy atom. The van der Waals surface area contributed by atoms with Gasteiger partial charge in [0, 0.05) is 19.4 Å². The van der Waals surface area contributed by atoms with Crippen molar-refractivity contribution in [2.75, 3.05) is 13.2 Å². The number of ether oxygens (including phenoxy) is 2. The number of carbonyl (C=O) groups is 1. The first kappa shape index (κ1) is 29.5. The molecule has 1 fully saturated rings. The molecule has 1 rings (SSSR count). The molecule has 0 N–H and O–H groups in total. The molecule has 0 aromatic rings. The zero-order valence-corrected chi connectivity index (χ0v) is 21.7. The van der Waals surface area contributed by atoms with Gasteiger partial charge in [-0.2, -0.15) is 0 Å². The molecule has 0 amide bonds. The lowest BCUT2D eigenvalue weighted by Crippen LogP contribution is -2.21. The van der Waals surface area contributed by atoms with Gasteiger partial charge in [0.25, 0.3) is 0 Å². The number of hydrogen-bond acceptors (Lipinski definition) is 3. The van der Waals surface area contributed by atoms with Crippen LogP contribution in [0.15, 0.2) is 0 Å². The minimum absolute atomic E-state index is 0.00742. The molecule has 1 saturated heterocycles. The van der Waals surface area contributed by atoms with Crippen LogP contribution in [0.2, 0.25) is 0 Å². The quantitative estimate of drug-likeness (QED) is 0.145. The summed E-state index contributed by atoms with van der Waals surface area (Å²) in [7, 11) is 0. The standard InChI is InChI=1S/C29H56O3/c1-2-3-4-5-6-7-8-9-10-11-12-13-14-15-16-17-21-24-29(30)32-28-23-20-18-19-22-26-31-27-25-28/h28H,2-27H2,1H3. The number of unbranched alkanes of at least 4 members (excludes halogenated alkanes) is 16. The summed E-state index contributed by atoms with van der Waals surface area (Å²) in [6, 6.07) is 0. The number of rotatable bonds is 19. The largest absolute Gasteiger partial charge is 0.462 e. The molecule has 1 atom stereocenters. The van der Waals surface area contributed by atoms with Crippen molar-refractivity contribution in [3.8, 4) is 0 Å². The smallest absolute Gasteiger partial charge is 0.306 e. The predicted octanol–water partition coefficient (Wildman–Crippen LogP) is 9.31. The van der Waals surface area contributed by atoms with Gasteiger partial charge in [0.15, 0.2) is 0 Å². The van der Waals surface area contributed by atoms with Crippen LogP contribution >= 0.6 is 0 Å². The summed E-state index contributed by atoms with van der Waals surface area (Å²) in [5, 5.41) is 0. The van der Waals surface area contributed by atoms with Gasteiger partial charge in [0.2, 0.25) is 0 Å². The fraction of sp³-hybridized carbons (Fsp3) is 0.966. The number of hydrogen-bond donors (Lipinski definition) is 0. The van der Waals surface area contributed by atoms with Crippen molar-refractivity contribution in [2.45, 2.75) is 167 Å². The van der Waals surface area contributed by atoms with E-state index in [1.54, 1.807) is 0 Å². The first-order valence-corrected chi connectivity index (χ1v) is 14.6. The van der Waals surface area contributed by atoms with E-state index in [0.29, 0.717) is 6.42 Å². The van der Waals surface area contributed by atoms with Gasteiger partial charge in [-0.1, -0.05) is 122 Å². The molecule has 0 spiro atoms. The van der Waals surface area contributed by atoms with Crippen molar-refractivity contribution in [2.24, 2.45) is 0 Å². The molecule has 0 aromatic heterocycles. The van der Waals surface area contributed by atoms with Crippen LogP contribution in [-0.2, 0) is 14.3 Å². The maximum absolute atomic E-state index is 12.2. The second-order valence-electron chi connectivity index (χ2n) is 10.1. The minimum Gasteiger partial charge on any atom is -0.462 e. The topological polar surface area (TPSA) is 35.5 Å². The third-order valence-corrected chi connectivity index (χ3v) is 6.93. The van der Waals surface area contributed by atoms with Gasteiger partial charge in [0.1, 0.15) is 6.10 Å². The summed E-state index contributed by atoms with van der Waals surface area (Å²) in [4.78, 5) is 12.2. The zero-order chi connectivity index (χ0) is 23.0. The molecule has 0 saturated carbocycles. The van der Waals surface area contributed by atoms with Crippen LogP contribution in [0.25, 0.3) is 0 Å². The molecule has 1 unspecified atom stereocenters. The van der Waals surface area contributed by atoms with Crippen molar-refractivity contribution in [3.63, 3.8) is 0 Å². The molecular weight excluding hydrogens is 396 g/mol. The molecule has 1 aliphatic rings. The molecule has 0 radical (unpaired) electrons. The summed E-state index contributed by atoms with van der Waals surface area (Å²) < 4.78 is 11.4. The Morgan fingerprint density at radius 2 is 1.12 bits per heavy atom. The van der Waals surface area contributed by atoms with E-state index in [2.05, 4.69) is 6.92 Å². The summed E-state index contributed by atoms with van der Waals surface area (Å²) in [5.74, 6) is 0.00742. The Kier molecular flexibility index (Phi) is 21.7. The molecule has 3 heteroatoms. The molecule has 0 aliphatic carbocycles. The maximum Gasteiger partial charge on any atom is 0.306 e. The van der Waals surface area contributed by atoms with Crippen LogP contribution < -0.4 is 0 Å². The Balaban J connectivity index is 1.81. The summed E-state index contributed by atoms with van der Waals surface area (Å²) in [6.45, 7) is 3.88. The van der Waals surface area contributed by atoms with Crippen LogP contribution in [0.5, 0.6) is 0 Å². The Labute approximate surface area is 200 Å². The highest BCUT2D eigenvalue weighted by molar-refractivity contribution is 5.69. The van der Waals surface area contributed by atoms with Gasteiger partial charge < -0.3 is 9.47 Å². The highest BCUT2D eigenvalue weighted by Gasteiger charge is 2.15. The molecule has 1 heterocycles. The third kappa shape index (κ3) is 20.1. The summed E-state index contributed by atoms with van der Waals surface area (Å²) >= 11 is 0. The van der Waals surface area contributed by atoms with E-state index >= 15 is 0 Å². The average molecular weight is 453 g/mol. The van der Waals surface area contributed by atoms with Gasteiger partial charge in [-0.3, -0.25) is 4.79 Å².